The summed E-state index contributed by atoms with van der Waals surface area (Å²) in [6.45, 7) is 0.291. The molecule has 0 amide bonds. The molecule has 0 saturated heterocycles. The maximum absolute atomic E-state index is 8.33. The van der Waals surface area contributed by atoms with Crippen LogP contribution >= 0.6 is 0 Å². The molecule has 0 aliphatic carbocycles. The monoisotopic (exact) mass is 225 g/mol. The third kappa shape index (κ3) is 3.00. The van der Waals surface area contributed by atoms with E-state index in [0.717, 1.165) is 11.3 Å². The quantitative estimate of drug-likeness (QED) is 0.435. The molecule has 84 valence electrons. The van der Waals surface area contributed by atoms with Gasteiger partial charge in [0.2, 0.25) is 0 Å². The molecule has 2 aromatic rings. The molecule has 0 aliphatic heterocycles. The van der Waals surface area contributed by atoms with E-state index in [1.165, 1.54) is 0 Å². The molecule has 4 heteroatoms. The van der Waals surface area contributed by atoms with E-state index in [-0.39, 0.29) is 0 Å². The first-order valence-corrected chi connectivity index (χ1v) is 5.22. The second kappa shape index (κ2) is 5.58. The molecule has 0 heterocycles. The van der Waals surface area contributed by atoms with Crippen LogP contribution in [0.5, 0.6) is 11.5 Å². The number of benzene rings is 2. The topological polar surface area (TPSA) is 58.0 Å². The number of ether oxygens (including phenoxy) is 1. The van der Waals surface area contributed by atoms with Gasteiger partial charge in [-0.1, -0.05) is 41.5 Å². The van der Waals surface area contributed by atoms with E-state index in [2.05, 4.69) is 10.0 Å². The van der Waals surface area contributed by atoms with Crippen molar-refractivity contribution < 1.29 is 4.74 Å². The molecule has 2 rings (SSSR count). The fraction of sp³-hybridized carbons (Fsp3) is 0.0769. The number of para-hydroxylation sites is 2. The molecule has 0 radical (unpaired) electrons. The third-order valence-electron chi connectivity index (χ3n) is 2.25. The Bertz CT molecular complexity index is 533. The van der Waals surface area contributed by atoms with Crippen LogP contribution in [0.3, 0.4) is 0 Å². The predicted octanol–water partition coefficient (Wildman–Crippen LogP) is 4.29. The molecule has 0 unspecified atom stereocenters. The molecular weight excluding hydrogens is 214 g/mol. The molecule has 0 atom stereocenters. The van der Waals surface area contributed by atoms with Crippen LogP contribution < -0.4 is 4.74 Å². The summed E-state index contributed by atoms with van der Waals surface area (Å²) in [4.78, 5) is 2.75. The fourth-order valence-corrected chi connectivity index (χ4v) is 1.46. The van der Waals surface area contributed by atoms with Crippen molar-refractivity contribution in [2.24, 2.45) is 5.11 Å². The van der Waals surface area contributed by atoms with Crippen LogP contribution in [0.1, 0.15) is 5.56 Å². The Morgan fingerprint density at radius 2 is 1.71 bits per heavy atom. The lowest BCUT2D eigenvalue weighted by atomic mass is 10.2. The van der Waals surface area contributed by atoms with Crippen molar-refractivity contribution in [3.63, 3.8) is 0 Å². The number of azide groups is 1. The first-order valence-electron chi connectivity index (χ1n) is 5.22. The van der Waals surface area contributed by atoms with Gasteiger partial charge in [-0.3, -0.25) is 0 Å². The van der Waals surface area contributed by atoms with Crippen LogP contribution in [0, 0.1) is 0 Å². The van der Waals surface area contributed by atoms with Gasteiger partial charge in [0.1, 0.15) is 11.5 Å². The van der Waals surface area contributed by atoms with E-state index in [1.54, 1.807) is 0 Å². The normalized spacial score (nSPS) is 9.41. The highest BCUT2D eigenvalue weighted by molar-refractivity contribution is 5.37. The summed E-state index contributed by atoms with van der Waals surface area (Å²) in [5, 5.41) is 3.54. The summed E-state index contributed by atoms with van der Waals surface area (Å²) >= 11 is 0. The van der Waals surface area contributed by atoms with Crippen molar-refractivity contribution in [1.29, 1.82) is 0 Å². The lowest BCUT2D eigenvalue weighted by molar-refractivity contribution is 0.476. The van der Waals surface area contributed by atoms with Crippen LogP contribution in [0.25, 0.3) is 10.4 Å². The van der Waals surface area contributed by atoms with Gasteiger partial charge in [0.25, 0.3) is 0 Å². The van der Waals surface area contributed by atoms with Gasteiger partial charge in [-0.15, -0.1) is 0 Å². The molecular formula is C13H11N3O. The van der Waals surface area contributed by atoms with E-state index in [4.69, 9.17) is 10.3 Å². The van der Waals surface area contributed by atoms with Crippen LogP contribution in [-0.2, 0) is 6.54 Å². The second-order valence-electron chi connectivity index (χ2n) is 3.41. The van der Waals surface area contributed by atoms with Crippen molar-refractivity contribution in [3.8, 4) is 11.5 Å². The number of hydrogen-bond donors (Lipinski definition) is 0. The van der Waals surface area contributed by atoms with Gasteiger partial charge in [0.05, 0.1) is 6.54 Å². The maximum Gasteiger partial charge on any atom is 0.130 e. The van der Waals surface area contributed by atoms with Crippen LogP contribution in [-0.4, -0.2) is 0 Å². The molecule has 0 fully saturated rings. The number of nitrogens with zero attached hydrogens (tertiary/aromatic N) is 3. The van der Waals surface area contributed by atoms with Crippen LogP contribution in [0.2, 0.25) is 0 Å². The molecule has 4 nitrogen and oxygen atoms in total. The average molecular weight is 225 g/mol. The highest BCUT2D eigenvalue weighted by Gasteiger charge is 2.02. The zero-order chi connectivity index (χ0) is 11.9. The molecule has 0 aliphatic rings. The molecule has 0 aromatic heterocycles. The minimum Gasteiger partial charge on any atom is -0.457 e. The van der Waals surface area contributed by atoms with Crippen molar-refractivity contribution in [1.82, 2.24) is 0 Å². The minimum atomic E-state index is 0.291. The number of rotatable bonds is 4. The summed E-state index contributed by atoms with van der Waals surface area (Å²) < 4.78 is 5.72. The summed E-state index contributed by atoms with van der Waals surface area (Å²) in [5.74, 6) is 1.48. The van der Waals surface area contributed by atoms with Crippen molar-refractivity contribution in [2.75, 3.05) is 0 Å². The van der Waals surface area contributed by atoms with Gasteiger partial charge in [-0.25, -0.2) is 0 Å². The lowest BCUT2D eigenvalue weighted by Crippen LogP contribution is -1.89. The maximum atomic E-state index is 8.33. The molecule has 0 saturated carbocycles. The van der Waals surface area contributed by atoms with Crippen molar-refractivity contribution in [2.45, 2.75) is 6.54 Å². The molecule has 0 spiro atoms. The van der Waals surface area contributed by atoms with E-state index in [0.29, 0.717) is 12.3 Å². The Labute approximate surface area is 99.1 Å². The SMILES string of the molecule is [N-]=[N+]=NCc1ccccc1Oc1ccccc1. The van der Waals surface area contributed by atoms with Gasteiger partial charge >= 0.3 is 0 Å². The molecule has 2 aromatic carbocycles. The largest absolute Gasteiger partial charge is 0.457 e. The molecule has 0 N–H and O–H groups in total. The van der Waals surface area contributed by atoms with E-state index < -0.39 is 0 Å². The Morgan fingerprint density at radius 1 is 1.00 bits per heavy atom. The first kappa shape index (κ1) is 11.0. The highest BCUT2D eigenvalue weighted by Crippen LogP contribution is 2.25. The zero-order valence-corrected chi connectivity index (χ0v) is 9.15. The molecule has 0 bridgehead atoms. The van der Waals surface area contributed by atoms with Crippen molar-refractivity contribution >= 4 is 0 Å². The van der Waals surface area contributed by atoms with E-state index >= 15 is 0 Å². The lowest BCUT2D eigenvalue weighted by Gasteiger charge is -2.09. The first-order chi connectivity index (χ1) is 8.40. The van der Waals surface area contributed by atoms with E-state index in [9.17, 15) is 0 Å². The smallest absolute Gasteiger partial charge is 0.130 e. The Kier molecular flexibility index (Phi) is 3.63. The zero-order valence-electron chi connectivity index (χ0n) is 9.15. The van der Waals surface area contributed by atoms with Gasteiger partial charge in [0.15, 0.2) is 0 Å². The molecule has 17 heavy (non-hydrogen) atoms. The Hall–Kier alpha value is -2.45. The standard InChI is InChI=1S/C13H11N3O/c14-16-15-10-11-6-4-5-9-13(11)17-12-7-2-1-3-8-12/h1-9H,10H2. The van der Waals surface area contributed by atoms with Gasteiger partial charge in [0, 0.05) is 10.5 Å². The summed E-state index contributed by atoms with van der Waals surface area (Å²) in [6, 6.07) is 17.0. The average Bonchev–Trinajstić information content (AvgIpc) is 2.39. The number of hydrogen-bond acceptors (Lipinski definition) is 2. The Balaban J connectivity index is 2.23. The van der Waals surface area contributed by atoms with Gasteiger partial charge in [-0.05, 0) is 23.7 Å². The van der Waals surface area contributed by atoms with Gasteiger partial charge < -0.3 is 4.74 Å². The summed E-state index contributed by atoms with van der Waals surface area (Å²) in [5.41, 5.74) is 9.20. The third-order valence-corrected chi connectivity index (χ3v) is 2.25. The fourth-order valence-electron chi connectivity index (χ4n) is 1.46. The van der Waals surface area contributed by atoms with Gasteiger partial charge in [-0.2, -0.15) is 0 Å². The predicted molar refractivity (Wildman–Crippen MR) is 65.8 cm³/mol. The van der Waals surface area contributed by atoms with Crippen LogP contribution in [0.4, 0.5) is 0 Å². The van der Waals surface area contributed by atoms with Crippen molar-refractivity contribution in [3.05, 3.63) is 70.6 Å². The minimum absolute atomic E-state index is 0.291. The Morgan fingerprint density at radius 3 is 2.47 bits per heavy atom. The highest BCUT2D eigenvalue weighted by atomic mass is 16.5. The summed E-state index contributed by atoms with van der Waals surface area (Å²) in [7, 11) is 0. The van der Waals surface area contributed by atoms with E-state index in [1.807, 2.05) is 54.6 Å². The second-order valence-corrected chi connectivity index (χ2v) is 3.41. The summed E-state index contributed by atoms with van der Waals surface area (Å²) in [6.07, 6.45) is 0. The van der Waals surface area contributed by atoms with Crippen LogP contribution in [0.15, 0.2) is 59.7 Å².